The van der Waals surface area contributed by atoms with Gasteiger partial charge in [0.15, 0.2) is 0 Å². The number of pyridine rings is 1. The van der Waals surface area contributed by atoms with Gasteiger partial charge in [0.1, 0.15) is 17.7 Å². The van der Waals surface area contributed by atoms with Gasteiger partial charge in [0, 0.05) is 30.9 Å². The number of aromatic amines is 1. The van der Waals surface area contributed by atoms with Crippen molar-refractivity contribution in [3.8, 4) is 17.0 Å². The molecule has 0 saturated carbocycles. The van der Waals surface area contributed by atoms with Crippen LogP contribution in [0.1, 0.15) is 48.6 Å². The number of halogens is 1. The van der Waals surface area contributed by atoms with E-state index in [1.165, 1.54) is 18.3 Å². The van der Waals surface area contributed by atoms with Crippen LogP contribution >= 0.6 is 0 Å². The molecule has 0 spiro atoms. The Labute approximate surface area is 219 Å². The number of aryl methyl sites for hydroxylation is 1. The number of morpholine rings is 1. The lowest BCUT2D eigenvalue weighted by Gasteiger charge is -2.35. The summed E-state index contributed by atoms with van der Waals surface area (Å²) < 4.78 is 26.0. The van der Waals surface area contributed by atoms with Crippen molar-refractivity contribution < 1.29 is 18.7 Å². The number of nitrogens with zero attached hydrogens (tertiary/aromatic N) is 3. The number of nitrogens with one attached hydrogen (secondary N) is 1. The number of hydrogen-bond donors (Lipinski definition) is 1. The summed E-state index contributed by atoms with van der Waals surface area (Å²) in [5.74, 6) is 0.329. The summed E-state index contributed by atoms with van der Waals surface area (Å²) in [5, 5.41) is 0.407. The summed E-state index contributed by atoms with van der Waals surface area (Å²) in [4.78, 5) is 38.9. The zero-order chi connectivity index (χ0) is 27.0. The van der Waals surface area contributed by atoms with Crippen LogP contribution in [0.15, 0.2) is 59.5 Å². The first kappa shape index (κ1) is 25.5. The van der Waals surface area contributed by atoms with Crippen molar-refractivity contribution in [1.29, 1.82) is 0 Å². The van der Waals surface area contributed by atoms with Crippen LogP contribution in [0.2, 0.25) is 0 Å². The topological polar surface area (TPSA) is 97.4 Å². The highest BCUT2D eigenvalue weighted by Crippen LogP contribution is 2.33. The first-order valence-corrected chi connectivity index (χ1v) is 12.6. The predicted molar refractivity (Wildman–Crippen MR) is 142 cm³/mol. The Morgan fingerprint density at radius 2 is 1.92 bits per heavy atom. The molecule has 2 aromatic carbocycles. The molecule has 4 aromatic rings. The van der Waals surface area contributed by atoms with Crippen LogP contribution in [0.4, 0.5) is 4.39 Å². The number of H-pyrrole nitrogens is 1. The molecule has 1 aliphatic heterocycles. The van der Waals surface area contributed by atoms with Crippen molar-refractivity contribution in [2.24, 2.45) is 0 Å². The summed E-state index contributed by atoms with van der Waals surface area (Å²) in [7, 11) is 0. The van der Waals surface area contributed by atoms with Crippen LogP contribution in [-0.4, -0.2) is 51.1 Å². The Kier molecular flexibility index (Phi) is 6.94. The van der Waals surface area contributed by atoms with Gasteiger partial charge in [-0.05, 0) is 69.2 Å². The highest BCUT2D eigenvalue weighted by Gasteiger charge is 2.27. The third-order valence-electron chi connectivity index (χ3n) is 6.56. The maximum absolute atomic E-state index is 14.1. The highest BCUT2D eigenvalue weighted by atomic mass is 19.1. The molecule has 2 aromatic heterocycles. The standard InChI is InChI=1S/C29H29FN4O4/c1-16-14-34(15-17(2)37-16)29(36)21-8-9-27(31-13-21)38-18(3)23-11-25-26(32-19(4)33-28(25)35)12-24(23)20-6-5-7-22(30)10-20/h5-13,16-18H,14-15H2,1-4H3,(H,32,33,35)/t16-,17+,18?. The molecule has 8 nitrogen and oxygen atoms in total. The van der Waals surface area contributed by atoms with E-state index in [2.05, 4.69) is 15.0 Å². The maximum atomic E-state index is 14.1. The summed E-state index contributed by atoms with van der Waals surface area (Å²) in [6.07, 6.45) is 0.897. The van der Waals surface area contributed by atoms with E-state index in [0.29, 0.717) is 58.0 Å². The predicted octanol–water partition coefficient (Wildman–Crippen LogP) is 4.82. The third-order valence-corrected chi connectivity index (χ3v) is 6.56. The average Bonchev–Trinajstić information content (AvgIpc) is 2.87. The van der Waals surface area contributed by atoms with Crippen molar-refractivity contribution >= 4 is 16.8 Å². The fourth-order valence-electron chi connectivity index (χ4n) is 4.91. The van der Waals surface area contributed by atoms with Gasteiger partial charge in [0.05, 0.1) is 28.7 Å². The van der Waals surface area contributed by atoms with Crippen molar-refractivity contribution in [3.63, 3.8) is 0 Å². The quantitative estimate of drug-likeness (QED) is 0.408. The van der Waals surface area contributed by atoms with Crippen molar-refractivity contribution in [2.45, 2.75) is 46.0 Å². The van der Waals surface area contributed by atoms with Gasteiger partial charge in [0.25, 0.3) is 11.5 Å². The van der Waals surface area contributed by atoms with Gasteiger partial charge < -0.3 is 19.4 Å². The highest BCUT2D eigenvalue weighted by molar-refractivity contribution is 5.94. The fourth-order valence-corrected chi connectivity index (χ4v) is 4.91. The maximum Gasteiger partial charge on any atom is 0.258 e. The van der Waals surface area contributed by atoms with E-state index < -0.39 is 6.10 Å². The van der Waals surface area contributed by atoms with Gasteiger partial charge in [-0.25, -0.2) is 14.4 Å². The van der Waals surface area contributed by atoms with Crippen LogP contribution in [-0.2, 0) is 4.74 Å². The van der Waals surface area contributed by atoms with Gasteiger partial charge >= 0.3 is 0 Å². The zero-order valence-electron chi connectivity index (χ0n) is 21.7. The fraction of sp³-hybridized carbons (Fsp3) is 0.310. The molecule has 3 heterocycles. The number of benzene rings is 2. The lowest BCUT2D eigenvalue weighted by Crippen LogP contribution is -2.48. The van der Waals surface area contributed by atoms with Crippen LogP contribution in [0.5, 0.6) is 5.88 Å². The molecule has 1 unspecified atom stereocenters. The molecule has 1 amide bonds. The Balaban J connectivity index is 1.44. The third kappa shape index (κ3) is 5.28. The van der Waals surface area contributed by atoms with Gasteiger partial charge in [-0.3, -0.25) is 9.59 Å². The normalized spacial score (nSPS) is 18.4. The van der Waals surface area contributed by atoms with Crippen LogP contribution in [0.25, 0.3) is 22.0 Å². The second-order valence-corrected chi connectivity index (χ2v) is 9.73. The smallest absolute Gasteiger partial charge is 0.258 e. The molecule has 1 fully saturated rings. The molecular formula is C29H29FN4O4. The van der Waals surface area contributed by atoms with Gasteiger partial charge in [0.2, 0.25) is 5.88 Å². The van der Waals surface area contributed by atoms with E-state index in [-0.39, 0.29) is 29.5 Å². The largest absolute Gasteiger partial charge is 0.470 e. The van der Waals surface area contributed by atoms with E-state index in [4.69, 9.17) is 9.47 Å². The summed E-state index contributed by atoms with van der Waals surface area (Å²) in [6, 6.07) is 13.1. The molecule has 0 bridgehead atoms. The van der Waals surface area contributed by atoms with E-state index in [1.807, 2.05) is 20.8 Å². The van der Waals surface area contributed by atoms with Gasteiger partial charge in [-0.15, -0.1) is 0 Å². The first-order valence-electron chi connectivity index (χ1n) is 12.6. The van der Waals surface area contributed by atoms with Crippen molar-refractivity contribution in [2.75, 3.05) is 13.1 Å². The lowest BCUT2D eigenvalue weighted by atomic mass is 9.94. The molecule has 0 radical (unpaired) electrons. The molecule has 9 heteroatoms. The number of amides is 1. The zero-order valence-corrected chi connectivity index (χ0v) is 21.7. The Morgan fingerprint density at radius 1 is 1.16 bits per heavy atom. The molecule has 1 aliphatic rings. The van der Waals surface area contributed by atoms with E-state index in [0.717, 1.165) is 0 Å². The minimum absolute atomic E-state index is 0.0281. The van der Waals surface area contributed by atoms with Crippen LogP contribution < -0.4 is 10.3 Å². The van der Waals surface area contributed by atoms with Crippen LogP contribution in [0, 0.1) is 12.7 Å². The molecule has 3 atom stereocenters. The summed E-state index contributed by atoms with van der Waals surface area (Å²) >= 11 is 0. The van der Waals surface area contributed by atoms with Crippen molar-refractivity contribution in [1.82, 2.24) is 19.9 Å². The van der Waals surface area contributed by atoms with Crippen LogP contribution in [0.3, 0.4) is 0 Å². The number of aromatic nitrogens is 3. The molecule has 196 valence electrons. The van der Waals surface area contributed by atoms with Crippen molar-refractivity contribution in [3.05, 3.63) is 87.9 Å². The van der Waals surface area contributed by atoms with E-state index in [1.54, 1.807) is 48.2 Å². The second-order valence-electron chi connectivity index (χ2n) is 9.73. The molecule has 0 aliphatic carbocycles. The lowest BCUT2D eigenvalue weighted by molar-refractivity contribution is -0.0586. The number of fused-ring (bicyclic) bond motifs is 1. The summed E-state index contributed by atoms with van der Waals surface area (Å²) in [5.41, 5.74) is 2.72. The average molecular weight is 517 g/mol. The SMILES string of the molecule is Cc1nc2cc(-c3cccc(F)c3)c(C(C)Oc3ccc(C(=O)N4C[C@@H](C)O[C@@H](C)C4)cn3)cc2c(=O)[nH]1. The molecule has 1 N–H and O–H groups in total. The number of carbonyl (C=O) groups is 1. The Morgan fingerprint density at radius 3 is 2.61 bits per heavy atom. The number of ether oxygens (including phenoxy) is 2. The second kappa shape index (κ2) is 10.3. The van der Waals surface area contributed by atoms with E-state index >= 15 is 0 Å². The first-order chi connectivity index (χ1) is 18.2. The Bertz CT molecular complexity index is 1540. The molecule has 1 saturated heterocycles. The minimum atomic E-state index is -0.548. The molecular weight excluding hydrogens is 487 g/mol. The number of rotatable bonds is 5. The number of hydrogen-bond acceptors (Lipinski definition) is 6. The van der Waals surface area contributed by atoms with Gasteiger partial charge in [-0.1, -0.05) is 12.1 Å². The summed E-state index contributed by atoms with van der Waals surface area (Å²) in [6.45, 7) is 8.48. The minimum Gasteiger partial charge on any atom is -0.470 e. The molecule has 38 heavy (non-hydrogen) atoms. The van der Waals surface area contributed by atoms with E-state index in [9.17, 15) is 14.0 Å². The number of carbonyl (C=O) groups excluding carboxylic acids is 1. The molecule has 5 rings (SSSR count). The van der Waals surface area contributed by atoms with Gasteiger partial charge in [-0.2, -0.15) is 0 Å². The Hall–Kier alpha value is -4.11. The monoisotopic (exact) mass is 516 g/mol.